The van der Waals surface area contributed by atoms with E-state index in [1.807, 2.05) is 37.3 Å². The minimum absolute atomic E-state index is 0.0981. The molecule has 1 unspecified atom stereocenters. The Kier molecular flexibility index (Phi) is 18.0. The van der Waals surface area contributed by atoms with E-state index in [2.05, 4.69) is 19.1 Å². The van der Waals surface area contributed by atoms with E-state index in [1.165, 1.54) is 70.6 Å². The number of benzene rings is 1. The Labute approximate surface area is 191 Å². The van der Waals surface area contributed by atoms with Crippen LogP contribution in [-0.4, -0.2) is 25.3 Å². The second-order valence-electron chi connectivity index (χ2n) is 8.64. The quantitative estimate of drug-likeness (QED) is 0.155. The summed E-state index contributed by atoms with van der Waals surface area (Å²) < 4.78 is 11.0. The van der Waals surface area contributed by atoms with Crippen LogP contribution in [0.4, 0.5) is 0 Å². The first-order valence-corrected chi connectivity index (χ1v) is 12.7. The number of hydrogen-bond donors (Lipinski definition) is 0. The molecule has 176 valence electrons. The molecule has 0 aliphatic carbocycles. The maximum atomic E-state index is 11.9. The molecule has 1 rings (SSSR count). The molecule has 0 spiro atoms. The maximum Gasteiger partial charge on any atom is 0.306 e. The van der Waals surface area contributed by atoms with Crippen molar-refractivity contribution >= 4 is 12.0 Å². The molecule has 3 nitrogen and oxygen atoms in total. The minimum Gasteiger partial charge on any atom is -0.460 e. The van der Waals surface area contributed by atoms with Crippen molar-refractivity contribution < 1.29 is 14.3 Å². The molecule has 0 heterocycles. The van der Waals surface area contributed by atoms with Gasteiger partial charge in [-0.3, -0.25) is 4.79 Å². The summed E-state index contributed by atoms with van der Waals surface area (Å²) in [5.41, 5.74) is 1.16. The molecule has 0 saturated heterocycles. The van der Waals surface area contributed by atoms with E-state index in [0.717, 1.165) is 18.4 Å². The van der Waals surface area contributed by atoms with E-state index in [-0.39, 0.29) is 12.1 Å². The van der Waals surface area contributed by atoms with Crippen LogP contribution in [0.25, 0.3) is 6.08 Å². The van der Waals surface area contributed by atoms with Gasteiger partial charge in [0.1, 0.15) is 6.10 Å². The summed E-state index contributed by atoms with van der Waals surface area (Å²) in [5.74, 6) is -0.0981. The Balaban J connectivity index is 1.86. The topological polar surface area (TPSA) is 35.5 Å². The molecule has 0 aromatic heterocycles. The van der Waals surface area contributed by atoms with Crippen LogP contribution in [0.15, 0.2) is 36.4 Å². The number of esters is 1. The highest BCUT2D eigenvalue weighted by Crippen LogP contribution is 2.13. The van der Waals surface area contributed by atoms with Gasteiger partial charge in [0.25, 0.3) is 0 Å². The molecule has 1 aromatic carbocycles. The van der Waals surface area contributed by atoms with Crippen molar-refractivity contribution in [1.82, 2.24) is 0 Å². The molecule has 3 heteroatoms. The molecule has 1 aromatic rings. The number of unbranched alkanes of at least 4 members (excludes halogenated alkanes) is 12. The largest absolute Gasteiger partial charge is 0.460 e. The highest BCUT2D eigenvalue weighted by molar-refractivity contribution is 5.69. The van der Waals surface area contributed by atoms with Gasteiger partial charge in [-0.1, -0.05) is 126 Å². The molecular formula is C28H46O3. The number of carbonyl (C=O) groups is 1. The number of ether oxygens (including phenoxy) is 2. The van der Waals surface area contributed by atoms with Gasteiger partial charge in [-0.05, 0) is 18.9 Å². The minimum atomic E-state index is -0.195. The van der Waals surface area contributed by atoms with Crippen LogP contribution >= 0.6 is 0 Å². The van der Waals surface area contributed by atoms with Crippen molar-refractivity contribution in [3.8, 4) is 0 Å². The summed E-state index contributed by atoms with van der Waals surface area (Å²) >= 11 is 0. The molecule has 0 aliphatic heterocycles. The fourth-order valence-corrected chi connectivity index (χ4v) is 3.65. The highest BCUT2D eigenvalue weighted by Gasteiger charge is 2.09. The average molecular weight is 431 g/mol. The lowest BCUT2D eigenvalue weighted by Crippen LogP contribution is -2.20. The summed E-state index contributed by atoms with van der Waals surface area (Å²) in [6.45, 7) is 5.12. The average Bonchev–Trinajstić information content (AvgIpc) is 2.77. The van der Waals surface area contributed by atoms with E-state index in [0.29, 0.717) is 19.6 Å². The molecule has 1 atom stereocenters. The van der Waals surface area contributed by atoms with Crippen LogP contribution in [-0.2, 0) is 14.3 Å². The molecule has 0 bridgehead atoms. The molecule has 0 N–H and O–H groups in total. The third-order valence-electron chi connectivity index (χ3n) is 5.49. The number of carbonyl (C=O) groups excluding carboxylic acids is 1. The fraction of sp³-hybridized carbons (Fsp3) is 0.679. The molecule has 0 radical (unpaired) electrons. The maximum absolute atomic E-state index is 11.9. The Hall–Kier alpha value is -1.61. The van der Waals surface area contributed by atoms with Crippen LogP contribution in [0.1, 0.15) is 109 Å². The van der Waals surface area contributed by atoms with Crippen LogP contribution in [0.2, 0.25) is 0 Å². The molecule has 0 saturated carbocycles. The van der Waals surface area contributed by atoms with Gasteiger partial charge in [0, 0.05) is 6.42 Å². The number of hydrogen-bond acceptors (Lipinski definition) is 3. The van der Waals surface area contributed by atoms with E-state index in [1.54, 1.807) is 0 Å². The van der Waals surface area contributed by atoms with Gasteiger partial charge in [-0.15, -0.1) is 0 Å². The van der Waals surface area contributed by atoms with Crippen LogP contribution in [0.5, 0.6) is 0 Å². The van der Waals surface area contributed by atoms with Gasteiger partial charge in [0.05, 0.1) is 13.2 Å². The first-order valence-electron chi connectivity index (χ1n) is 12.7. The third kappa shape index (κ3) is 17.7. The fourth-order valence-electron chi connectivity index (χ4n) is 3.65. The Morgan fingerprint density at radius 1 is 0.839 bits per heavy atom. The second-order valence-corrected chi connectivity index (χ2v) is 8.64. The van der Waals surface area contributed by atoms with Crippen LogP contribution in [0.3, 0.4) is 0 Å². The molecular weight excluding hydrogens is 384 g/mol. The monoisotopic (exact) mass is 430 g/mol. The lowest BCUT2D eigenvalue weighted by molar-refractivity contribution is -0.150. The van der Waals surface area contributed by atoms with Gasteiger partial charge < -0.3 is 9.47 Å². The summed E-state index contributed by atoms with van der Waals surface area (Å²) in [6, 6.07) is 10.1. The SMILES string of the molecule is CCCCCCCCCCCCCCCC(=O)OC(C)COC/C=C/c1ccccc1. The second kappa shape index (κ2) is 20.3. The molecule has 31 heavy (non-hydrogen) atoms. The number of rotatable bonds is 20. The Morgan fingerprint density at radius 3 is 1.97 bits per heavy atom. The predicted octanol–water partition coefficient (Wildman–Crippen LogP) is 8.13. The first-order chi connectivity index (χ1) is 15.2. The third-order valence-corrected chi connectivity index (χ3v) is 5.49. The zero-order valence-electron chi connectivity index (χ0n) is 20.2. The zero-order valence-corrected chi connectivity index (χ0v) is 20.2. The lowest BCUT2D eigenvalue weighted by atomic mass is 10.0. The van der Waals surface area contributed by atoms with Crippen molar-refractivity contribution in [3.05, 3.63) is 42.0 Å². The molecule has 0 amide bonds. The van der Waals surface area contributed by atoms with E-state index < -0.39 is 0 Å². The highest BCUT2D eigenvalue weighted by atomic mass is 16.6. The van der Waals surface area contributed by atoms with E-state index in [9.17, 15) is 4.79 Å². The summed E-state index contributed by atoms with van der Waals surface area (Å²) in [7, 11) is 0. The summed E-state index contributed by atoms with van der Waals surface area (Å²) in [6.07, 6.45) is 21.4. The van der Waals surface area contributed by atoms with Crippen molar-refractivity contribution in [2.45, 2.75) is 110 Å². The van der Waals surface area contributed by atoms with Crippen LogP contribution < -0.4 is 0 Å². The van der Waals surface area contributed by atoms with Gasteiger partial charge in [0.15, 0.2) is 0 Å². The van der Waals surface area contributed by atoms with Gasteiger partial charge in [0.2, 0.25) is 0 Å². The Bertz CT molecular complexity index is 553. The molecule has 0 aliphatic rings. The van der Waals surface area contributed by atoms with Gasteiger partial charge >= 0.3 is 5.97 Å². The normalized spacial score (nSPS) is 12.3. The molecule has 0 fully saturated rings. The van der Waals surface area contributed by atoms with Gasteiger partial charge in [-0.2, -0.15) is 0 Å². The van der Waals surface area contributed by atoms with Crippen molar-refractivity contribution in [2.75, 3.05) is 13.2 Å². The lowest BCUT2D eigenvalue weighted by Gasteiger charge is -2.13. The summed E-state index contributed by atoms with van der Waals surface area (Å²) in [4.78, 5) is 11.9. The van der Waals surface area contributed by atoms with Crippen LogP contribution in [0, 0.1) is 0 Å². The van der Waals surface area contributed by atoms with E-state index in [4.69, 9.17) is 9.47 Å². The predicted molar refractivity (Wildman–Crippen MR) is 132 cm³/mol. The summed E-state index contributed by atoms with van der Waals surface area (Å²) in [5, 5.41) is 0. The Morgan fingerprint density at radius 2 is 1.39 bits per heavy atom. The van der Waals surface area contributed by atoms with Gasteiger partial charge in [-0.25, -0.2) is 0 Å². The zero-order chi connectivity index (χ0) is 22.4. The first kappa shape index (κ1) is 27.4. The van der Waals surface area contributed by atoms with Crippen molar-refractivity contribution in [2.24, 2.45) is 0 Å². The van der Waals surface area contributed by atoms with Crippen molar-refractivity contribution in [1.29, 1.82) is 0 Å². The van der Waals surface area contributed by atoms with Crippen molar-refractivity contribution in [3.63, 3.8) is 0 Å². The standard InChI is InChI=1S/C28H46O3/c1-3-4-5-6-7-8-9-10-11-12-13-14-18-23-28(29)31-26(2)25-30-24-19-22-27-20-16-15-17-21-27/h15-17,19-22,26H,3-14,18,23-25H2,1-2H3/b22-19+. The van der Waals surface area contributed by atoms with E-state index >= 15 is 0 Å². The smallest absolute Gasteiger partial charge is 0.306 e.